The summed E-state index contributed by atoms with van der Waals surface area (Å²) in [4.78, 5) is 4.74. The van der Waals surface area contributed by atoms with Gasteiger partial charge < -0.3 is 5.73 Å². The summed E-state index contributed by atoms with van der Waals surface area (Å²) in [6.07, 6.45) is 2.22. The Labute approximate surface area is 119 Å². The van der Waals surface area contributed by atoms with E-state index < -0.39 is 0 Å². The Bertz CT molecular complexity index is 437. The fourth-order valence-electron chi connectivity index (χ4n) is 2.41. The summed E-state index contributed by atoms with van der Waals surface area (Å²) < 4.78 is 0. The van der Waals surface area contributed by atoms with Crippen LogP contribution in [0.3, 0.4) is 0 Å². The molecular formula is C14H22N2S2. The molecule has 1 aromatic heterocycles. The first-order valence-corrected chi connectivity index (χ1v) is 7.81. The third-order valence-electron chi connectivity index (χ3n) is 4.09. The highest BCUT2D eigenvalue weighted by molar-refractivity contribution is 7.80. The van der Waals surface area contributed by atoms with Crippen molar-refractivity contribution in [1.29, 1.82) is 0 Å². The molecule has 0 spiro atoms. The summed E-state index contributed by atoms with van der Waals surface area (Å²) in [6, 6.07) is 2.80. The van der Waals surface area contributed by atoms with Crippen molar-refractivity contribution in [3.05, 3.63) is 21.9 Å². The van der Waals surface area contributed by atoms with Gasteiger partial charge in [0.25, 0.3) is 0 Å². The molecule has 18 heavy (non-hydrogen) atoms. The molecule has 1 aliphatic heterocycles. The second kappa shape index (κ2) is 5.27. The summed E-state index contributed by atoms with van der Waals surface area (Å²) in [7, 11) is 0. The highest BCUT2D eigenvalue weighted by Gasteiger charge is 2.27. The zero-order valence-electron chi connectivity index (χ0n) is 11.4. The van der Waals surface area contributed by atoms with Gasteiger partial charge in [-0.25, -0.2) is 0 Å². The molecule has 0 fully saturated rings. The smallest absolute Gasteiger partial charge is 0.0784 e. The van der Waals surface area contributed by atoms with Crippen molar-refractivity contribution >= 4 is 28.5 Å². The number of fused-ring (bicyclic) bond motifs is 1. The monoisotopic (exact) mass is 282 g/mol. The Balaban J connectivity index is 1.98. The Hall–Kier alpha value is -0.450. The predicted octanol–water partition coefficient (Wildman–Crippen LogP) is 3.37. The van der Waals surface area contributed by atoms with Crippen molar-refractivity contribution in [1.82, 2.24) is 4.90 Å². The van der Waals surface area contributed by atoms with E-state index in [1.807, 2.05) is 11.3 Å². The van der Waals surface area contributed by atoms with Crippen molar-refractivity contribution in [2.24, 2.45) is 11.1 Å². The Morgan fingerprint density at radius 2 is 2.33 bits per heavy atom. The van der Waals surface area contributed by atoms with Gasteiger partial charge in [-0.3, -0.25) is 4.90 Å². The molecule has 0 radical (unpaired) electrons. The molecule has 0 aromatic carbocycles. The summed E-state index contributed by atoms with van der Waals surface area (Å²) in [5.41, 5.74) is 7.27. The number of hydrogen-bond acceptors (Lipinski definition) is 3. The van der Waals surface area contributed by atoms with E-state index in [0.717, 1.165) is 19.5 Å². The molecule has 0 saturated heterocycles. The van der Waals surface area contributed by atoms with Crippen LogP contribution >= 0.6 is 23.6 Å². The first-order valence-electron chi connectivity index (χ1n) is 6.52. The Morgan fingerprint density at radius 1 is 1.61 bits per heavy atom. The maximum absolute atomic E-state index is 5.80. The minimum absolute atomic E-state index is 0.0377. The lowest BCUT2D eigenvalue weighted by molar-refractivity contribution is 0.182. The molecule has 0 bridgehead atoms. The zero-order chi connectivity index (χ0) is 13.3. The summed E-state index contributed by atoms with van der Waals surface area (Å²) >= 11 is 7.03. The van der Waals surface area contributed by atoms with Gasteiger partial charge in [-0.15, -0.1) is 11.3 Å². The minimum Gasteiger partial charge on any atom is -0.393 e. The van der Waals surface area contributed by atoms with Gasteiger partial charge in [0.05, 0.1) is 4.99 Å². The summed E-state index contributed by atoms with van der Waals surface area (Å²) in [5, 5.41) is 2.21. The van der Waals surface area contributed by atoms with Gasteiger partial charge in [0.15, 0.2) is 0 Å². The molecule has 2 nitrogen and oxygen atoms in total. The van der Waals surface area contributed by atoms with E-state index >= 15 is 0 Å². The number of thiophene rings is 1. The van der Waals surface area contributed by atoms with Crippen LogP contribution in [0.15, 0.2) is 11.4 Å². The Kier molecular flexibility index (Phi) is 4.09. The molecule has 4 heteroatoms. The van der Waals surface area contributed by atoms with Gasteiger partial charge >= 0.3 is 0 Å². The number of rotatable bonds is 4. The van der Waals surface area contributed by atoms with Gasteiger partial charge in [0.1, 0.15) is 0 Å². The molecule has 2 rings (SSSR count). The number of thiocarbonyl (C=S) groups is 1. The van der Waals surface area contributed by atoms with Crippen molar-refractivity contribution in [2.75, 3.05) is 13.1 Å². The van der Waals surface area contributed by atoms with Gasteiger partial charge in [-0.05, 0) is 43.3 Å². The van der Waals surface area contributed by atoms with Gasteiger partial charge in [0.2, 0.25) is 0 Å². The van der Waals surface area contributed by atoms with Gasteiger partial charge in [0, 0.05) is 22.9 Å². The number of nitrogens with two attached hydrogens (primary N) is 1. The van der Waals surface area contributed by atoms with E-state index in [1.54, 1.807) is 4.88 Å². The Morgan fingerprint density at radius 3 is 3.00 bits per heavy atom. The molecule has 2 heterocycles. The third kappa shape index (κ3) is 2.76. The average molecular weight is 282 g/mol. The van der Waals surface area contributed by atoms with E-state index in [4.69, 9.17) is 18.0 Å². The quantitative estimate of drug-likeness (QED) is 0.859. The zero-order valence-corrected chi connectivity index (χ0v) is 13.0. The molecule has 0 amide bonds. The fraction of sp³-hybridized carbons (Fsp3) is 0.643. The summed E-state index contributed by atoms with van der Waals surface area (Å²) in [5.74, 6) is 0. The molecule has 100 valence electrons. The maximum Gasteiger partial charge on any atom is 0.0784 e. The van der Waals surface area contributed by atoms with Crippen LogP contribution in [0.2, 0.25) is 0 Å². The van der Waals surface area contributed by atoms with Crippen molar-refractivity contribution in [3.63, 3.8) is 0 Å². The normalized spacial score (nSPS) is 20.7. The number of nitrogens with zero attached hydrogens (tertiary/aromatic N) is 1. The summed E-state index contributed by atoms with van der Waals surface area (Å²) in [6.45, 7) is 8.81. The van der Waals surface area contributed by atoms with Crippen molar-refractivity contribution in [2.45, 2.75) is 39.7 Å². The van der Waals surface area contributed by atoms with Crippen LogP contribution < -0.4 is 5.73 Å². The van der Waals surface area contributed by atoms with Crippen LogP contribution in [0.5, 0.6) is 0 Å². The third-order valence-corrected chi connectivity index (χ3v) is 5.64. The highest BCUT2D eigenvalue weighted by Crippen LogP contribution is 2.33. The molecule has 0 aliphatic carbocycles. The first kappa shape index (κ1) is 14.0. The van der Waals surface area contributed by atoms with Crippen molar-refractivity contribution < 1.29 is 0 Å². The molecule has 1 aromatic rings. The van der Waals surface area contributed by atoms with Crippen LogP contribution in [-0.4, -0.2) is 23.0 Å². The lowest BCUT2D eigenvalue weighted by atomic mass is 9.88. The molecule has 1 aliphatic rings. The predicted molar refractivity (Wildman–Crippen MR) is 83.2 cm³/mol. The maximum atomic E-state index is 5.80. The van der Waals surface area contributed by atoms with Crippen LogP contribution in [0.4, 0.5) is 0 Å². The van der Waals surface area contributed by atoms with E-state index in [-0.39, 0.29) is 5.41 Å². The van der Waals surface area contributed by atoms with Crippen LogP contribution in [-0.2, 0) is 6.42 Å². The topological polar surface area (TPSA) is 29.3 Å². The van der Waals surface area contributed by atoms with Crippen molar-refractivity contribution in [3.8, 4) is 0 Å². The first-order chi connectivity index (χ1) is 8.42. The standard InChI is InChI=1S/C14H22N2S2/c1-10-11-5-9-18-12(11)4-7-16(10)8-6-14(2,3)13(15)17/h5,9-10H,4,6-8H2,1-3H3,(H2,15,17). The van der Waals surface area contributed by atoms with E-state index in [2.05, 4.69) is 37.1 Å². The lowest BCUT2D eigenvalue weighted by Gasteiger charge is -2.36. The van der Waals surface area contributed by atoms with Crippen LogP contribution in [0, 0.1) is 5.41 Å². The molecule has 2 N–H and O–H groups in total. The second-order valence-electron chi connectivity index (χ2n) is 5.76. The average Bonchev–Trinajstić information content (AvgIpc) is 2.77. The SMILES string of the molecule is CC1c2ccsc2CCN1CCC(C)(C)C(N)=S. The minimum atomic E-state index is -0.0377. The number of hydrogen-bond donors (Lipinski definition) is 1. The lowest BCUT2D eigenvalue weighted by Crippen LogP contribution is -2.38. The van der Waals surface area contributed by atoms with E-state index in [0.29, 0.717) is 11.0 Å². The molecule has 0 saturated carbocycles. The van der Waals surface area contributed by atoms with E-state index in [9.17, 15) is 0 Å². The van der Waals surface area contributed by atoms with Gasteiger partial charge in [-0.1, -0.05) is 26.1 Å². The van der Waals surface area contributed by atoms with Crippen LogP contribution in [0.1, 0.15) is 43.7 Å². The van der Waals surface area contributed by atoms with Crippen LogP contribution in [0.25, 0.3) is 0 Å². The largest absolute Gasteiger partial charge is 0.393 e. The second-order valence-corrected chi connectivity index (χ2v) is 7.20. The highest BCUT2D eigenvalue weighted by atomic mass is 32.1. The molecule has 1 unspecified atom stereocenters. The van der Waals surface area contributed by atoms with Gasteiger partial charge in [-0.2, -0.15) is 0 Å². The molecular weight excluding hydrogens is 260 g/mol. The fourth-order valence-corrected chi connectivity index (χ4v) is 3.48. The molecule has 1 atom stereocenters. The van der Waals surface area contributed by atoms with E-state index in [1.165, 1.54) is 12.0 Å².